The average Bonchev–Trinajstić information content (AvgIpc) is 3.36. The summed E-state index contributed by atoms with van der Waals surface area (Å²) in [5, 5.41) is 5.04. The van der Waals surface area contributed by atoms with Crippen LogP contribution in [-0.4, -0.2) is 57.7 Å². The van der Waals surface area contributed by atoms with Crippen molar-refractivity contribution in [2.45, 2.75) is 25.4 Å². The van der Waals surface area contributed by atoms with E-state index in [-0.39, 0.29) is 5.91 Å². The van der Waals surface area contributed by atoms with E-state index in [1.54, 1.807) is 10.9 Å². The Bertz CT molecular complexity index is 732. The van der Waals surface area contributed by atoms with Crippen LogP contribution in [0.15, 0.2) is 36.7 Å². The Morgan fingerprint density at radius 2 is 1.92 bits per heavy atom. The summed E-state index contributed by atoms with van der Waals surface area (Å²) in [4.78, 5) is 17.1. The maximum atomic E-state index is 12.7. The molecular weight excluding hydrogens is 324 g/mol. The maximum absolute atomic E-state index is 12.7. The highest BCUT2D eigenvalue weighted by Gasteiger charge is 2.32. The number of hydrogen-bond acceptors (Lipinski definition) is 3. The molecule has 5 nitrogen and oxygen atoms in total. The number of amides is 1. The van der Waals surface area contributed by atoms with E-state index in [0.717, 1.165) is 42.8 Å². The Labute approximate surface area is 146 Å². The quantitative estimate of drug-likeness (QED) is 0.855. The monoisotopic (exact) mass is 344 g/mol. The summed E-state index contributed by atoms with van der Waals surface area (Å²) in [5.41, 5.74) is 1.65. The number of rotatable bonds is 4. The smallest absolute Gasteiger partial charge is 0.257 e. The van der Waals surface area contributed by atoms with E-state index in [9.17, 15) is 4.79 Å². The number of aromatic nitrogens is 2. The van der Waals surface area contributed by atoms with Crippen LogP contribution in [0.2, 0.25) is 5.02 Å². The molecule has 1 aliphatic carbocycles. The van der Waals surface area contributed by atoms with Gasteiger partial charge in [-0.05, 0) is 24.5 Å². The Morgan fingerprint density at radius 1 is 1.17 bits per heavy atom. The zero-order valence-corrected chi connectivity index (χ0v) is 14.3. The molecule has 1 saturated heterocycles. The fourth-order valence-electron chi connectivity index (χ4n) is 3.27. The van der Waals surface area contributed by atoms with Gasteiger partial charge in [-0.25, -0.2) is 0 Å². The highest BCUT2D eigenvalue weighted by atomic mass is 35.5. The van der Waals surface area contributed by atoms with Gasteiger partial charge in [0.2, 0.25) is 0 Å². The van der Waals surface area contributed by atoms with Crippen molar-refractivity contribution in [2.75, 3.05) is 26.2 Å². The summed E-state index contributed by atoms with van der Waals surface area (Å²) in [6.07, 6.45) is 6.12. The molecule has 1 amide bonds. The molecule has 1 aromatic carbocycles. The fourth-order valence-corrected chi connectivity index (χ4v) is 3.47. The second-order valence-electron chi connectivity index (χ2n) is 6.58. The maximum Gasteiger partial charge on any atom is 0.257 e. The van der Waals surface area contributed by atoms with Crippen LogP contribution in [-0.2, 0) is 6.54 Å². The molecule has 0 spiro atoms. The summed E-state index contributed by atoms with van der Waals surface area (Å²) in [5.74, 6) is 0.0795. The van der Waals surface area contributed by atoms with Gasteiger partial charge >= 0.3 is 0 Å². The van der Waals surface area contributed by atoms with Gasteiger partial charge in [-0.15, -0.1) is 0 Å². The number of carbonyl (C=O) groups excluding carboxylic acids is 1. The minimum atomic E-state index is 0.0795. The van der Waals surface area contributed by atoms with Gasteiger partial charge in [0.15, 0.2) is 0 Å². The zero-order valence-electron chi connectivity index (χ0n) is 13.6. The van der Waals surface area contributed by atoms with Gasteiger partial charge in [-0.3, -0.25) is 14.4 Å². The van der Waals surface area contributed by atoms with Gasteiger partial charge < -0.3 is 4.90 Å². The molecule has 4 rings (SSSR count). The average molecular weight is 345 g/mol. The molecule has 0 bridgehead atoms. The van der Waals surface area contributed by atoms with Crippen molar-refractivity contribution in [3.05, 3.63) is 52.8 Å². The Kier molecular flexibility index (Phi) is 4.29. The zero-order chi connectivity index (χ0) is 16.5. The predicted molar refractivity (Wildman–Crippen MR) is 93.3 cm³/mol. The number of halogens is 1. The third-order valence-electron chi connectivity index (χ3n) is 4.84. The summed E-state index contributed by atoms with van der Waals surface area (Å²) in [6.45, 7) is 4.17. The van der Waals surface area contributed by atoms with E-state index in [4.69, 9.17) is 11.6 Å². The fraction of sp³-hybridized carbons (Fsp3) is 0.444. The van der Waals surface area contributed by atoms with Crippen molar-refractivity contribution in [2.24, 2.45) is 0 Å². The highest BCUT2D eigenvalue weighted by molar-refractivity contribution is 6.31. The van der Waals surface area contributed by atoms with Crippen LogP contribution < -0.4 is 0 Å². The molecule has 1 saturated carbocycles. The van der Waals surface area contributed by atoms with Crippen molar-refractivity contribution in [3.63, 3.8) is 0 Å². The lowest BCUT2D eigenvalue weighted by molar-refractivity contribution is 0.0627. The summed E-state index contributed by atoms with van der Waals surface area (Å²) in [6, 6.07) is 8.48. The number of hydrogen-bond donors (Lipinski definition) is 0. The highest BCUT2D eigenvalue weighted by Crippen LogP contribution is 2.27. The van der Waals surface area contributed by atoms with Gasteiger partial charge in [-0.1, -0.05) is 29.8 Å². The third-order valence-corrected chi connectivity index (χ3v) is 5.20. The van der Waals surface area contributed by atoms with Crippen molar-refractivity contribution < 1.29 is 4.79 Å². The molecule has 2 fully saturated rings. The number of nitrogens with zero attached hydrogens (tertiary/aromatic N) is 4. The van der Waals surface area contributed by atoms with Gasteiger partial charge in [0.1, 0.15) is 0 Å². The van der Waals surface area contributed by atoms with Crippen molar-refractivity contribution in [1.29, 1.82) is 0 Å². The first-order valence-corrected chi connectivity index (χ1v) is 8.88. The Morgan fingerprint density at radius 3 is 2.62 bits per heavy atom. The van der Waals surface area contributed by atoms with E-state index in [1.807, 2.05) is 35.4 Å². The first kappa shape index (κ1) is 15.7. The molecule has 0 atom stereocenters. The van der Waals surface area contributed by atoms with Crippen LogP contribution in [0.3, 0.4) is 0 Å². The van der Waals surface area contributed by atoms with E-state index in [2.05, 4.69) is 10.00 Å². The van der Waals surface area contributed by atoms with Crippen molar-refractivity contribution in [3.8, 4) is 0 Å². The second kappa shape index (κ2) is 6.57. The van der Waals surface area contributed by atoms with Crippen molar-refractivity contribution >= 4 is 17.5 Å². The molecule has 24 heavy (non-hydrogen) atoms. The van der Waals surface area contributed by atoms with E-state index >= 15 is 0 Å². The topological polar surface area (TPSA) is 41.4 Å². The van der Waals surface area contributed by atoms with Gasteiger partial charge in [0.25, 0.3) is 5.91 Å². The van der Waals surface area contributed by atoms with Crippen LogP contribution in [0.5, 0.6) is 0 Å². The second-order valence-corrected chi connectivity index (χ2v) is 6.98. The van der Waals surface area contributed by atoms with Gasteiger partial charge in [-0.2, -0.15) is 5.10 Å². The lowest BCUT2D eigenvalue weighted by Gasteiger charge is -2.34. The Hall–Kier alpha value is -1.85. The molecular formula is C18H21ClN4O. The normalized spacial score (nSPS) is 18.8. The predicted octanol–water partition coefficient (Wildman–Crippen LogP) is 2.51. The standard InChI is InChI=1S/C18H21ClN4O/c19-17-4-2-1-3-14(17)12-23-13-15(11-20-23)18(24)22-9-7-21(8-10-22)16-5-6-16/h1-4,11,13,16H,5-10,12H2. The largest absolute Gasteiger partial charge is 0.336 e. The minimum absolute atomic E-state index is 0.0795. The van der Waals surface area contributed by atoms with Crippen molar-refractivity contribution in [1.82, 2.24) is 19.6 Å². The lowest BCUT2D eigenvalue weighted by atomic mass is 10.2. The first-order chi connectivity index (χ1) is 11.7. The number of benzene rings is 1. The molecule has 0 unspecified atom stereocenters. The molecule has 2 aromatic rings. The molecule has 1 aromatic heterocycles. The molecule has 0 N–H and O–H groups in total. The molecule has 6 heteroatoms. The molecule has 2 heterocycles. The first-order valence-electron chi connectivity index (χ1n) is 8.50. The van der Waals surface area contributed by atoms with E-state index in [1.165, 1.54) is 12.8 Å². The summed E-state index contributed by atoms with van der Waals surface area (Å²) in [7, 11) is 0. The molecule has 0 radical (unpaired) electrons. The molecule has 1 aliphatic heterocycles. The van der Waals surface area contributed by atoms with E-state index in [0.29, 0.717) is 12.1 Å². The van der Waals surface area contributed by atoms with Crippen LogP contribution in [0.1, 0.15) is 28.8 Å². The molecule has 126 valence electrons. The Balaban J connectivity index is 1.39. The summed E-state index contributed by atoms with van der Waals surface area (Å²) < 4.78 is 1.77. The van der Waals surface area contributed by atoms with Crippen LogP contribution in [0.4, 0.5) is 0 Å². The van der Waals surface area contributed by atoms with Crippen LogP contribution in [0.25, 0.3) is 0 Å². The van der Waals surface area contributed by atoms with Crippen LogP contribution in [0, 0.1) is 0 Å². The lowest BCUT2D eigenvalue weighted by Crippen LogP contribution is -2.49. The SMILES string of the molecule is O=C(c1cnn(Cc2ccccc2Cl)c1)N1CCN(C2CC2)CC1. The third kappa shape index (κ3) is 3.32. The van der Waals surface area contributed by atoms with E-state index < -0.39 is 0 Å². The minimum Gasteiger partial charge on any atom is -0.336 e. The summed E-state index contributed by atoms with van der Waals surface area (Å²) >= 11 is 6.19. The van der Waals surface area contributed by atoms with Gasteiger partial charge in [0.05, 0.1) is 18.3 Å². The van der Waals surface area contributed by atoms with Crippen LogP contribution >= 0.6 is 11.6 Å². The number of piperazine rings is 1. The van der Waals surface area contributed by atoms with Gasteiger partial charge in [0, 0.05) is 43.4 Å². The molecule has 2 aliphatic rings. The number of carbonyl (C=O) groups is 1.